The highest BCUT2D eigenvalue weighted by Crippen LogP contribution is 2.36. The monoisotopic (exact) mass is 480 g/mol. The van der Waals surface area contributed by atoms with Gasteiger partial charge in [0.05, 0.1) is 19.1 Å². The van der Waals surface area contributed by atoms with Crippen molar-refractivity contribution in [3.8, 4) is 11.5 Å². The van der Waals surface area contributed by atoms with Gasteiger partial charge in [0.25, 0.3) is 15.9 Å². The van der Waals surface area contributed by atoms with Crippen LogP contribution in [0.2, 0.25) is 0 Å². The van der Waals surface area contributed by atoms with Gasteiger partial charge >= 0.3 is 5.97 Å². The quantitative estimate of drug-likeness (QED) is 0.301. The molecule has 3 N–H and O–H groups in total. The Morgan fingerprint density at radius 3 is 2.53 bits per heavy atom. The Hall–Kier alpha value is -2.89. The van der Waals surface area contributed by atoms with Gasteiger partial charge in [-0.15, -0.1) is 16.2 Å². The number of fused-ring (bicyclic) bond motifs is 1. The van der Waals surface area contributed by atoms with Crippen molar-refractivity contribution in [2.75, 3.05) is 14.2 Å². The summed E-state index contributed by atoms with van der Waals surface area (Å²) in [5, 5.41) is 8.84. The van der Waals surface area contributed by atoms with Crippen LogP contribution in [0, 0.1) is 0 Å². The number of carboxylic acids is 1. The van der Waals surface area contributed by atoms with E-state index in [1.54, 1.807) is 0 Å². The number of carbonyl (C=O) groups excluding carboxylic acids is 1. The maximum absolute atomic E-state index is 12.9. The van der Waals surface area contributed by atoms with E-state index in [2.05, 4.69) is 10.3 Å². The highest BCUT2D eigenvalue weighted by Gasteiger charge is 2.25. The van der Waals surface area contributed by atoms with Gasteiger partial charge in [-0.2, -0.15) is 0 Å². The van der Waals surface area contributed by atoms with Crippen LogP contribution in [0.3, 0.4) is 0 Å². The van der Waals surface area contributed by atoms with Crippen LogP contribution >= 0.6 is 11.3 Å². The minimum Gasteiger partial charge on any atom is -0.493 e. The molecule has 9 nitrogen and oxygen atoms in total. The molecule has 0 aliphatic heterocycles. The molecule has 1 aliphatic carbocycles. The van der Waals surface area contributed by atoms with Gasteiger partial charge in [0.1, 0.15) is 4.90 Å². The zero-order valence-corrected chi connectivity index (χ0v) is 19.3. The molecule has 0 saturated carbocycles. The van der Waals surface area contributed by atoms with Gasteiger partial charge in [0.15, 0.2) is 11.5 Å². The molecule has 32 heavy (non-hydrogen) atoms. The van der Waals surface area contributed by atoms with E-state index in [1.807, 2.05) is 6.07 Å². The van der Waals surface area contributed by atoms with Crippen molar-refractivity contribution < 1.29 is 32.6 Å². The number of sulfonamides is 1. The molecule has 1 aliphatic rings. The van der Waals surface area contributed by atoms with Crippen LogP contribution in [-0.4, -0.2) is 39.6 Å². The van der Waals surface area contributed by atoms with Crippen molar-refractivity contribution in [2.45, 2.75) is 37.0 Å². The third kappa shape index (κ3) is 5.47. The van der Waals surface area contributed by atoms with Crippen molar-refractivity contribution in [3.63, 3.8) is 0 Å². The van der Waals surface area contributed by atoms with E-state index in [9.17, 15) is 18.0 Å². The number of hydrogen-bond acceptors (Lipinski definition) is 7. The van der Waals surface area contributed by atoms with Crippen molar-refractivity contribution in [3.05, 3.63) is 45.2 Å². The summed E-state index contributed by atoms with van der Waals surface area (Å²) in [6.07, 6.45) is 7.25. The van der Waals surface area contributed by atoms with Crippen LogP contribution < -0.4 is 19.7 Å². The van der Waals surface area contributed by atoms with Crippen LogP contribution in [0.1, 0.15) is 44.9 Å². The number of ether oxygens (including phenoxy) is 2. The maximum atomic E-state index is 12.9. The number of aliphatic carboxylic acids is 1. The third-order valence-electron chi connectivity index (χ3n) is 4.94. The number of nitrogens with one attached hydrogen (secondary N) is 2. The number of carboxylic acid groups (broad SMARTS) is 1. The van der Waals surface area contributed by atoms with E-state index in [-0.39, 0.29) is 22.0 Å². The van der Waals surface area contributed by atoms with Crippen molar-refractivity contribution >= 4 is 39.3 Å². The lowest BCUT2D eigenvalue weighted by atomic mass is 10.1. The topological polar surface area (TPSA) is 131 Å². The molecule has 0 bridgehead atoms. The third-order valence-corrected chi connectivity index (χ3v) is 7.43. The largest absolute Gasteiger partial charge is 0.493 e. The van der Waals surface area contributed by atoms with Gasteiger partial charge < -0.3 is 14.6 Å². The zero-order valence-electron chi connectivity index (χ0n) is 17.6. The summed E-state index contributed by atoms with van der Waals surface area (Å²) in [6.45, 7) is 0. The first kappa shape index (κ1) is 23.8. The zero-order chi connectivity index (χ0) is 23.3. The first-order chi connectivity index (χ1) is 15.2. The minimum absolute atomic E-state index is 0.0791. The van der Waals surface area contributed by atoms with Crippen LogP contribution in [0.15, 0.2) is 29.2 Å². The second-order valence-corrected chi connectivity index (χ2v) is 9.89. The van der Waals surface area contributed by atoms with Crippen molar-refractivity contribution in [1.82, 2.24) is 10.3 Å². The molecule has 0 fully saturated rings. The lowest BCUT2D eigenvalue weighted by Gasteiger charge is -2.15. The number of carbonyl (C=O) groups is 2. The second kappa shape index (κ2) is 10.2. The Morgan fingerprint density at radius 1 is 1.09 bits per heavy atom. The number of amides is 1. The highest BCUT2D eigenvalue weighted by molar-refractivity contribution is 7.89. The van der Waals surface area contributed by atoms with E-state index in [1.165, 1.54) is 48.6 Å². The first-order valence-electron chi connectivity index (χ1n) is 9.86. The molecule has 0 atom stereocenters. The molecule has 3 rings (SSSR count). The number of rotatable bonds is 8. The average molecular weight is 481 g/mol. The van der Waals surface area contributed by atoms with E-state index in [0.29, 0.717) is 4.88 Å². The first-order valence-corrected chi connectivity index (χ1v) is 12.2. The fourth-order valence-electron chi connectivity index (χ4n) is 3.42. The summed E-state index contributed by atoms with van der Waals surface area (Å²) in [7, 11) is -1.66. The summed E-state index contributed by atoms with van der Waals surface area (Å²) < 4.78 is 36.3. The molecule has 1 aromatic heterocycles. The normalized spacial score (nSPS) is 13.9. The van der Waals surface area contributed by atoms with Crippen LogP contribution in [0.25, 0.3) is 6.08 Å². The number of hydrazine groups is 1. The Kier molecular flexibility index (Phi) is 7.54. The fraction of sp³-hybridized carbons (Fsp3) is 0.333. The molecule has 1 amide bonds. The molecular formula is C21H24N2O7S2. The molecule has 172 valence electrons. The average Bonchev–Trinajstić information content (AvgIpc) is 3.05. The molecular weight excluding hydrogens is 456 g/mol. The summed E-state index contributed by atoms with van der Waals surface area (Å²) in [5.41, 5.74) is 3.65. The van der Waals surface area contributed by atoms with Crippen molar-refractivity contribution in [1.29, 1.82) is 0 Å². The van der Waals surface area contributed by atoms with E-state index >= 15 is 0 Å². The number of methoxy groups -OCH3 is 2. The van der Waals surface area contributed by atoms with Gasteiger partial charge in [0, 0.05) is 11.0 Å². The lowest BCUT2D eigenvalue weighted by Crippen LogP contribution is -2.41. The predicted molar refractivity (Wildman–Crippen MR) is 120 cm³/mol. The van der Waals surface area contributed by atoms with Gasteiger partial charge in [-0.05, 0) is 61.1 Å². The standard InChI is InChI=1S/C21H24N2O7S2/c1-29-15-10-13(8-9-19(24)25)11-18(20(15)30-2)32(27,28)23-22-21(26)17-12-14-6-4-3-5-7-16(14)31-17/h8-12,23H,3-7H2,1-2H3,(H,22,26)(H,24,25)/b9-8+. The molecule has 0 spiro atoms. The Balaban J connectivity index is 1.84. The van der Waals surface area contributed by atoms with Gasteiger partial charge in [0.2, 0.25) is 0 Å². The van der Waals surface area contributed by atoms with Gasteiger partial charge in [-0.1, -0.05) is 6.42 Å². The van der Waals surface area contributed by atoms with Crippen LogP contribution in [0.5, 0.6) is 11.5 Å². The molecule has 2 aromatic rings. The SMILES string of the molecule is COc1cc(/C=C/C(=O)O)cc(S(=O)(=O)NNC(=O)c2cc3c(s2)CCCCC3)c1OC. The van der Waals surface area contributed by atoms with E-state index in [4.69, 9.17) is 14.6 Å². The summed E-state index contributed by atoms with van der Waals surface area (Å²) in [4.78, 5) is 26.8. The number of aryl methyl sites for hydroxylation is 2. The molecule has 11 heteroatoms. The molecule has 0 unspecified atom stereocenters. The fourth-order valence-corrected chi connectivity index (χ4v) is 5.63. The molecule has 1 heterocycles. The summed E-state index contributed by atoms with van der Waals surface area (Å²) in [6, 6.07) is 4.48. The second-order valence-electron chi connectivity index (χ2n) is 7.11. The highest BCUT2D eigenvalue weighted by atomic mass is 32.2. The Bertz CT molecular complexity index is 1130. The van der Waals surface area contributed by atoms with Crippen LogP contribution in [0.4, 0.5) is 0 Å². The number of hydrogen-bond donors (Lipinski definition) is 3. The Labute approximate surface area is 190 Å². The number of benzene rings is 1. The number of thiophene rings is 1. The Morgan fingerprint density at radius 2 is 1.84 bits per heavy atom. The molecule has 0 radical (unpaired) electrons. The minimum atomic E-state index is -4.27. The molecule has 1 aromatic carbocycles. The van der Waals surface area contributed by atoms with Crippen molar-refractivity contribution in [2.24, 2.45) is 0 Å². The summed E-state index contributed by atoms with van der Waals surface area (Å²) in [5.74, 6) is -1.73. The van der Waals surface area contributed by atoms with E-state index in [0.717, 1.165) is 43.7 Å². The smallest absolute Gasteiger partial charge is 0.328 e. The van der Waals surface area contributed by atoms with Gasteiger partial charge in [-0.3, -0.25) is 10.2 Å². The lowest BCUT2D eigenvalue weighted by molar-refractivity contribution is -0.131. The van der Waals surface area contributed by atoms with Crippen LogP contribution in [-0.2, 0) is 27.7 Å². The summed E-state index contributed by atoms with van der Waals surface area (Å²) >= 11 is 1.37. The molecule has 0 saturated heterocycles. The predicted octanol–water partition coefficient (Wildman–Crippen LogP) is 2.76. The van der Waals surface area contributed by atoms with Gasteiger partial charge in [-0.25, -0.2) is 13.2 Å². The maximum Gasteiger partial charge on any atom is 0.328 e. The van der Waals surface area contributed by atoms with E-state index < -0.39 is 21.9 Å².